The maximum Gasteiger partial charge on any atom is 0.255 e. The van der Waals surface area contributed by atoms with Gasteiger partial charge >= 0.3 is 0 Å². The number of phenolic OH excluding ortho intramolecular Hbond substituents is 1. The molecule has 0 atom stereocenters. The number of anilines is 1. The molecule has 0 spiro atoms. The Balaban J connectivity index is 1.69. The Morgan fingerprint density at radius 3 is 2.42 bits per heavy atom. The molecule has 0 heterocycles. The number of carbonyl (C=O) groups is 1. The summed E-state index contributed by atoms with van der Waals surface area (Å²) < 4.78 is 0. The van der Waals surface area contributed by atoms with E-state index in [2.05, 4.69) is 10.3 Å². The first-order chi connectivity index (χ1) is 12.5. The fraction of sp³-hybridized carbons (Fsp3) is 0. The van der Waals surface area contributed by atoms with Crippen LogP contribution >= 0.6 is 23.2 Å². The summed E-state index contributed by atoms with van der Waals surface area (Å²) in [5, 5.41) is 13.6. The summed E-state index contributed by atoms with van der Waals surface area (Å²) in [7, 11) is 0. The molecule has 4 nitrogen and oxygen atoms in total. The maximum atomic E-state index is 12.2. The van der Waals surface area contributed by atoms with Crippen LogP contribution in [0.3, 0.4) is 0 Å². The van der Waals surface area contributed by atoms with Crippen molar-refractivity contribution in [2.75, 3.05) is 5.32 Å². The van der Waals surface area contributed by atoms with Crippen LogP contribution in [-0.2, 0) is 0 Å². The Hall–Kier alpha value is -2.82. The molecule has 26 heavy (non-hydrogen) atoms. The highest BCUT2D eigenvalue weighted by atomic mass is 35.5. The van der Waals surface area contributed by atoms with E-state index < -0.39 is 0 Å². The zero-order valence-electron chi connectivity index (χ0n) is 13.5. The van der Waals surface area contributed by atoms with E-state index in [1.807, 2.05) is 0 Å². The number of carbonyl (C=O) groups excluding carboxylic acids is 1. The van der Waals surface area contributed by atoms with E-state index in [1.165, 1.54) is 12.3 Å². The summed E-state index contributed by atoms with van der Waals surface area (Å²) in [6.45, 7) is 0. The molecule has 3 aromatic rings. The number of hydrogen-bond donors (Lipinski definition) is 2. The van der Waals surface area contributed by atoms with E-state index in [0.29, 0.717) is 32.5 Å². The van der Waals surface area contributed by atoms with Crippen LogP contribution in [0.5, 0.6) is 5.75 Å². The second-order valence-electron chi connectivity index (χ2n) is 5.47. The molecule has 3 rings (SSSR count). The Bertz CT molecular complexity index is 970. The molecule has 6 heteroatoms. The maximum absolute atomic E-state index is 12.2. The van der Waals surface area contributed by atoms with Crippen molar-refractivity contribution in [3.05, 3.63) is 87.9 Å². The number of amides is 1. The number of hydrogen-bond acceptors (Lipinski definition) is 3. The normalized spacial score (nSPS) is 10.8. The minimum atomic E-state index is -0.243. The Kier molecular flexibility index (Phi) is 5.56. The van der Waals surface area contributed by atoms with Crippen molar-refractivity contribution in [2.45, 2.75) is 0 Å². The van der Waals surface area contributed by atoms with Gasteiger partial charge in [0.15, 0.2) is 0 Å². The number of halogens is 2. The lowest BCUT2D eigenvalue weighted by Gasteiger charge is -2.06. The number of nitrogens with zero attached hydrogens (tertiary/aromatic N) is 1. The SMILES string of the molecule is O=C(Nc1ccc(N=Cc2cc(Cl)ccc2O)cc1)c1cccc(Cl)c1. The third kappa shape index (κ3) is 4.63. The van der Waals surface area contributed by atoms with Crippen molar-refractivity contribution in [1.29, 1.82) is 0 Å². The van der Waals surface area contributed by atoms with Gasteiger partial charge in [0.25, 0.3) is 5.91 Å². The smallest absolute Gasteiger partial charge is 0.255 e. The Labute approximate surface area is 160 Å². The summed E-state index contributed by atoms with van der Waals surface area (Å²) in [6.07, 6.45) is 1.53. The van der Waals surface area contributed by atoms with Gasteiger partial charge in [-0.25, -0.2) is 0 Å². The van der Waals surface area contributed by atoms with Crippen molar-refractivity contribution in [1.82, 2.24) is 0 Å². The molecule has 0 saturated carbocycles. The predicted molar refractivity (Wildman–Crippen MR) is 106 cm³/mol. The monoisotopic (exact) mass is 384 g/mol. The summed E-state index contributed by atoms with van der Waals surface area (Å²) >= 11 is 11.8. The van der Waals surface area contributed by atoms with Crippen molar-refractivity contribution in [3.8, 4) is 5.75 Å². The molecule has 2 N–H and O–H groups in total. The fourth-order valence-corrected chi connectivity index (χ4v) is 2.61. The Morgan fingerprint density at radius 1 is 0.962 bits per heavy atom. The summed E-state index contributed by atoms with van der Waals surface area (Å²) in [5.74, 6) is -0.142. The van der Waals surface area contributed by atoms with E-state index in [4.69, 9.17) is 23.2 Å². The molecule has 0 bridgehead atoms. The second kappa shape index (κ2) is 8.04. The predicted octanol–water partition coefficient (Wildman–Crippen LogP) is 5.70. The van der Waals surface area contributed by atoms with E-state index in [-0.39, 0.29) is 11.7 Å². The summed E-state index contributed by atoms with van der Waals surface area (Å²) in [6, 6.07) is 18.5. The minimum absolute atomic E-state index is 0.101. The van der Waals surface area contributed by atoms with Gasteiger partial charge in [-0.2, -0.15) is 0 Å². The highest BCUT2D eigenvalue weighted by Crippen LogP contribution is 2.22. The number of phenols is 1. The molecule has 0 saturated heterocycles. The van der Waals surface area contributed by atoms with Crippen LogP contribution in [0.15, 0.2) is 71.7 Å². The third-order valence-electron chi connectivity index (χ3n) is 3.55. The van der Waals surface area contributed by atoms with Crippen LogP contribution in [0.1, 0.15) is 15.9 Å². The van der Waals surface area contributed by atoms with Crippen LogP contribution in [0.2, 0.25) is 10.0 Å². The van der Waals surface area contributed by atoms with E-state index >= 15 is 0 Å². The van der Waals surface area contributed by atoms with Gasteiger partial charge < -0.3 is 10.4 Å². The van der Waals surface area contributed by atoms with E-state index in [1.54, 1.807) is 60.7 Å². The number of nitrogens with one attached hydrogen (secondary N) is 1. The highest BCUT2D eigenvalue weighted by Gasteiger charge is 2.06. The lowest BCUT2D eigenvalue weighted by Crippen LogP contribution is -2.11. The van der Waals surface area contributed by atoms with Crippen LogP contribution in [0.25, 0.3) is 0 Å². The van der Waals surface area contributed by atoms with Crippen molar-refractivity contribution in [3.63, 3.8) is 0 Å². The van der Waals surface area contributed by atoms with Crippen LogP contribution < -0.4 is 5.32 Å². The molecule has 0 aliphatic carbocycles. The first kappa shape index (κ1) is 18.0. The van der Waals surface area contributed by atoms with Gasteiger partial charge in [-0.05, 0) is 60.7 Å². The Morgan fingerprint density at radius 2 is 1.69 bits per heavy atom. The molecule has 0 aromatic heterocycles. The molecule has 0 unspecified atom stereocenters. The van der Waals surface area contributed by atoms with Crippen LogP contribution in [-0.4, -0.2) is 17.2 Å². The number of rotatable bonds is 4. The quantitative estimate of drug-likeness (QED) is 0.566. The molecular weight excluding hydrogens is 371 g/mol. The number of aromatic hydroxyl groups is 1. The van der Waals surface area contributed by atoms with Crippen LogP contribution in [0, 0.1) is 0 Å². The molecule has 1 amide bonds. The van der Waals surface area contributed by atoms with E-state index in [9.17, 15) is 9.90 Å². The zero-order valence-corrected chi connectivity index (χ0v) is 15.0. The first-order valence-electron chi connectivity index (χ1n) is 7.71. The van der Waals surface area contributed by atoms with Crippen molar-refractivity contribution < 1.29 is 9.90 Å². The lowest BCUT2D eigenvalue weighted by atomic mass is 10.2. The molecule has 130 valence electrons. The topological polar surface area (TPSA) is 61.7 Å². The lowest BCUT2D eigenvalue weighted by molar-refractivity contribution is 0.102. The van der Waals surface area contributed by atoms with Gasteiger partial charge in [-0.1, -0.05) is 29.3 Å². The fourth-order valence-electron chi connectivity index (χ4n) is 2.24. The third-order valence-corrected chi connectivity index (χ3v) is 4.02. The van der Waals surface area contributed by atoms with Crippen molar-refractivity contribution in [2.24, 2.45) is 4.99 Å². The average molecular weight is 385 g/mol. The zero-order chi connectivity index (χ0) is 18.5. The summed E-state index contributed by atoms with van der Waals surface area (Å²) in [4.78, 5) is 16.5. The van der Waals surface area contributed by atoms with Gasteiger partial charge in [0, 0.05) is 33.1 Å². The van der Waals surface area contributed by atoms with Crippen molar-refractivity contribution >= 4 is 46.7 Å². The van der Waals surface area contributed by atoms with Gasteiger partial charge in [0.1, 0.15) is 5.75 Å². The van der Waals surface area contributed by atoms with Gasteiger partial charge in [0.05, 0.1) is 5.69 Å². The van der Waals surface area contributed by atoms with Gasteiger partial charge in [0.2, 0.25) is 0 Å². The average Bonchev–Trinajstić information content (AvgIpc) is 2.63. The molecule has 0 aliphatic rings. The number of benzene rings is 3. The van der Waals surface area contributed by atoms with Crippen LogP contribution in [0.4, 0.5) is 11.4 Å². The highest BCUT2D eigenvalue weighted by molar-refractivity contribution is 6.31. The van der Waals surface area contributed by atoms with Gasteiger partial charge in [-0.15, -0.1) is 0 Å². The standard InChI is InChI=1S/C20H14Cl2N2O2/c21-15-3-1-2-13(10-15)20(26)24-18-7-5-17(6-8-18)23-12-14-11-16(22)4-9-19(14)25/h1-12,25H,(H,24,26). The molecule has 3 aromatic carbocycles. The van der Waals surface area contributed by atoms with E-state index in [0.717, 1.165) is 0 Å². The molecule has 0 fully saturated rings. The molecule has 0 aliphatic heterocycles. The second-order valence-corrected chi connectivity index (χ2v) is 6.35. The molecule has 0 radical (unpaired) electrons. The largest absolute Gasteiger partial charge is 0.507 e. The molecular formula is C20H14Cl2N2O2. The number of aliphatic imine (C=N–C) groups is 1. The van der Waals surface area contributed by atoms with Gasteiger partial charge in [-0.3, -0.25) is 9.79 Å². The minimum Gasteiger partial charge on any atom is -0.507 e. The summed E-state index contributed by atoms with van der Waals surface area (Å²) in [5.41, 5.74) is 2.32. The first-order valence-corrected chi connectivity index (χ1v) is 8.46.